The van der Waals surface area contributed by atoms with Gasteiger partial charge in [-0.05, 0) is 79.2 Å². The number of hydrogen-bond acceptors (Lipinski definition) is 1. The lowest BCUT2D eigenvalue weighted by Gasteiger charge is -2.29. The molecule has 0 atom stereocenters. The predicted octanol–water partition coefficient (Wildman–Crippen LogP) is 11.6. The fourth-order valence-electron chi connectivity index (χ4n) is 6.15. The maximum Gasteiger partial charge on any atom is 0.166 e. The van der Waals surface area contributed by atoms with Crippen molar-refractivity contribution in [2.75, 3.05) is 6.61 Å². The predicted molar refractivity (Wildman–Crippen MR) is 165 cm³/mol. The number of ether oxygens (including phenoxy) is 1. The van der Waals surface area contributed by atoms with Crippen molar-refractivity contribution in [2.45, 2.75) is 116 Å². The first-order valence-corrected chi connectivity index (χ1v) is 16.0. The third-order valence-electron chi connectivity index (χ3n) is 8.67. The topological polar surface area (TPSA) is 9.23 Å². The summed E-state index contributed by atoms with van der Waals surface area (Å²) in [6.45, 7) is 5.15. The lowest BCUT2D eigenvalue weighted by atomic mass is 9.82. The Morgan fingerprint density at radius 1 is 0.634 bits per heavy atom. The Hall–Kier alpha value is -2.59. The van der Waals surface area contributed by atoms with E-state index in [0.717, 1.165) is 69.1 Å². The van der Waals surface area contributed by atoms with Crippen molar-refractivity contribution in [1.82, 2.24) is 0 Å². The number of hydrogen-bond donors (Lipinski definition) is 0. The second-order valence-corrected chi connectivity index (χ2v) is 11.8. The van der Waals surface area contributed by atoms with Crippen molar-refractivity contribution in [3.63, 3.8) is 0 Å². The number of unbranched alkanes of at least 4 members (excludes halogenated alkanes) is 7. The average Bonchev–Trinajstić information content (AvgIpc) is 3.00. The first-order valence-electron chi connectivity index (χ1n) is 16.0. The lowest BCUT2D eigenvalue weighted by molar-refractivity contribution is 0.0251. The minimum Gasteiger partial charge on any atom is -0.378 e. The Bertz CT molecular complexity index is 1210. The fraction of sp³-hybridized carbons (Fsp3) is 0.514. The first kappa shape index (κ1) is 31.3. The van der Waals surface area contributed by atoms with E-state index >= 15 is 8.78 Å². The number of benzene rings is 3. The molecule has 3 aromatic rings. The van der Waals surface area contributed by atoms with Crippen LogP contribution in [0.25, 0.3) is 22.3 Å². The highest BCUT2D eigenvalue weighted by Gasteiger charge is 2.23. The smallest absolute Gasteiger partial charge is 0.166 e. The molecule has 0 aliphatic heterocycles. The molecular weight excluding hydrogens is 517 g/mol. The normalized spacial score (nSPS) is 17.2. The molecule has 0 unspecified atom stereocenters. The van der Waals surface area contributed by atoms with Crippen molar-refractivity contribution in [1.29, 1.82) is 0 Å². The van der Waals surface area contributed by atoms with Gasteiger partial charge in [0, 0.05) is 17.7 Å². The largest absolute Gasteiger partial charge is 0.378 e. The second kappa shape index (κ2) is 16.2. The lowest BCUT2D eigenvalue weighted by Crippen LogP contribution is -2.21. The van der Waals surface area contributed by atoms with Gasteiger partial charge in [0.05, 0.1) is 6.10 Å². The first-order chi connectivity index (χ1) is 20.0. The maximum absolute atomic E-state index is 15.2. The number of halogens is 3. The average molecular weight is 565 g/mol. The van der Waals surface area contributed by atoms with Crippen LogP contribution in [-0.2, 0) is 11.2 Å². The van der Waals surface area contributed by atoms with Crippen LogP contribution in [0, 0.1) is 17.5 Å². The van der Waals surface area contributed by atoms with Gasteiger partial charge in [0.15, 0.2) is 11.6 Å². The summed E-state index contributed by atoms with van der Waals surface area (Å²) in [7, 11) is 0. The van der Waals surface area contributed by atoms with E-state index in [-0.39, 0.29) is 11.4 Å². The Balaban J connectivity index is 1.34. The Kier molecular flexibility index (Phi) is 12.4. The van der Waals surface area contributed by atoms with Crippen LogP contribution >= 0.6 is 0 Å². The summed E-state index contributed by atoms with van der Waals surface area (Å²) in [5.41, 5.74) is 3.56. The van der Waals surface area contributed by atoms with E-state index in [1.807, 2.05) is 12.1 Å². The van der Waals surface area contributed by atoms with Crippen LogP contribution < -0.4 is 0 Å². The zero-order chi connectivity index (χ0) is 29.0. The SMILES string of the molecule is CCCCCCCCCCc1ccc(-c2ccc(-c3ccc(C4CCC(OCCC)CC4)cc3F)cc2)c(F)c1F. The third-order valence-corrected chi connectivity index (χ3v) is 8.67. The molecule has 0 amide bonds. The van der Waals surface area contributed by atoms with E-state index in [1.165, 1.54) is 32.1 Å². The molecule has 0 bridgehead atoms. The van der Waals surface area contributed by atoms with Gasteiger partial charge in [0.2, 0.25) is 0 Å². The molecule has 1 fully saturated rings. The van der Waals surface area contributed by atoms with Crippen molar-refractivity contribution >= 4 is 0 Å². The van der Waals surface area contributed by atoms with Gasteiger partial charge in [0.25, 0.3) is 0 Å². The summed E-state index contributed by atoms with van der Waals surface area (Å²) < 4.78 is 51.0. The molecule has 0 spiro atoms. The highest BCUT2D eigenvalue weighted by Crippen LogP contribution is 2.36. The molecule has 3 aromatic carbocycles. The van der Waals surface area contributed by atoms with Crippen LogP contribution in [0.1, 0.15) is 114 Å². The van der Waals surface area contributed by atoms with E-state index in [0.29, 0.717) is 35.1 Å². The van der Waals surface area contributed by atoms with Crippen LogP contribution in [0.2, 0.25) is 0 Å². The molecule has 0 N–H and O–H groups in total. The van der Waals surface area contributed by atoms with Gasteiger partial charge in [-0.25, -0.2) is 13.2 Å². The molecule has 1 aliphatic carbocycles. The molecule has 1 nitrogen and oxygen atoms in total. The minimum absolute atomic E-state index is 0.239. The molecule has 1 aliphatic rings. The Morgan fingerprint density at radius 2 is 1.24 bits per heavy atom. The van der Waals surface area contributed by atoms with Gasteiger partial charge < -0.3 is 4.74 Å². The van der Waals surface area contributed by atoms with Gasteiger partial charge in [-0.1, -0.05) is 107 Å². The molecule has 41 heavy (non-hydrogen) atoms. The maximum atomic E-state index is 15.2. The molecule has 0 heterocycles. The summed E-state index contributed by atoms with van der Waals surface area (Å²) in [6.07, 6.45) is 15.4. The summed E-state index contributed by atoms with van der Waals surface area (Å²) in [6, 6.07) is 16.0. The highest BCUT2D eigenvalue weighted by atomic mass is 19.2. The number of rotatable bonds is 15. The van der Waals surface area contributed by atoms with E-state index in [2.05, 4.69) is 13.8 Å². The van der Waals surface area contributed by atoms with E-state index < -0.39 is 11.6 Å². The second-order valence-electron chi connectivity index (χ2n) is 11.8. The quantitative estimate of drug-likeness (QED) is 0.167. The van der Waals surface area contributed by atoms with Gasteiger partial charge >= 0.3 is 0 Å². The van der Waals surface area contributed by atoms with Crippen molar-refractivity contribution in [3.8, 4) is 22.3 Å². The summed E-state index contributed by atoms with van der Waals surface area (Å²) in [4.78, 5) is 0. The van der Waals surface area contributed by atoms with Crippen LogP contribution in [-0.4, -0.2) is 12.7 Å². The van der Waals surface area contributed by atoms with Crippen LogP contribution in [0.4, 0.5) is 13.2 Å². The number of aryl methyl sites for hydroxylation is 1. The molecule has 222 valence electrons. The van der Waals surface area contributed by atoms with E-state index in [4.69, 9.17) is 4.74 Å². The summed E-state index contributed by atoms with van der Waals surface area (Å²) >= 11 is 0. The van der Waals surface area contributed by atoms with Gasteiger partial charge in [0.1, 0.15) is 5.82 Å². The van der Waals surface area contributed by atoms with Gasteiger partial charge in [-0.3, -0.25) is 0 Å². The zero-order valence-electron chi connectivity index (χ0n) is 25.0. The fourth-order valence-corrected chi connectivity index (χ4v) is 6.15. The van der Waals surface area contributed by atoms with Crippen LogP contribution in [0.5, 0.6) is 0 Å². The molecule has 4 heteroatoms. The van der Waals surface area contributed by atoms with Crippen molar-refractivity contribution in [2.24, 2.45) is 0 Å². The molecule has 4 rings (SSSR count). The third kappa shape index (κ3) is 8.70. The van der Waals surface area contributed by atoms with Crippen molar-refractivity contribution < 1.29 is 17.9 Å². The molecule has 0 aromatic heterocycles. The van der Waals surface area contributed by atoms with Gasteiger partial charge in [-0.15, -0.1) is 0 Å². The van der Waals surface area contributed by atoms with Crippen LogP contribution in [0.15, 0.2) is 54.6 Å². The summed E-state index contributed by atoms with van der Waals surface area (Å²) in [5.74, 6) is -1.44. The summed E-state index contributed by atoms with van der Waals surface area (Å²) in [5, 5.41) is 0. The standard InChI is InChI=1S/C37H47F3O/c1-3-5-6-7-8-9-10-11-12-30-19-24-34(37(40)36(30)39)29-15-13-28(14-16-29)33-23-20-31(26-35(33)38)27-17-21-32(22-18-27)41-25-4-2/h13-16,19-20,23-24,26-27,32H,3-12,17-18,21-22,25H2,1-2H3. The highest BCUT2D eigenvalue weighted by molar-refractivity contribution is 5.71. The van der Waals surface area contributed by atoms with Crippen LogP contribution in [0.3, 0.4) is 0 Å². The molecular formula is C37H47F3O. The zero-order valence-corrected chi connectivity index (χ0v) is 25.0. The molecule has 1 saturated carbocycles. The monoisotopic (exact) mass is 564 g/mol. The Morgan fingerprint density at radius 3 is 1.88 bits per heavy atom. The molecule has 0 radical (unpaired) electrons. The minimum atomic E-state index is -0.805. The van der Waals surface area contributed by atoms with E-state index in [9.17, 15) is 4.39 Å². The van der Waals surface area contributed by atoms with E-state index in [1.54, 1.807) is 42.5 Å². The van der Waals surface area contributed by atoms with Gasteiger partial charge in [-0.2, -0.15) is 0 Å². The Labute approximate surface area is 245 Å². The van der Waals surface area contributed by atoms with Crippen molar-refractivity contribution in [3.05, 3.63) is 83.2 Å². The molecule has 0 saturated heterocycles.